The number of rotatable bonds is 9. The molecule has 0 saturated carbocycles. The summed E-state index contributed by atoms with van der Waals surface area (Å²) < 4.78 is 11.8. The Balaban J connectivity index is 1.15. The Bertz CT molecular complexity index is 1750. The third-order valence-electron chi connectivity index (χ3n) is 8.18. The Kier molecular flexibility index (Phi) is 8.18. The third kappa shape index (κ3) is 6.14. The number of amides is 1. The second kappa shape index (κ2) is 12.2. The van der Waals surface area contributed by atoms with Crippen LogP contribution in [0.3, 0.4) is 0 Å². The first-order valence-electron chi connectivity index (χ1n) is 15.1. The van der Waals surface area contributed by atoms with Gasteiger partial charge in [-0.25, -0.2) is 4.98 Å². The zero-order valence-electron chi connectivity index (χ0n) is 25.7. The van der Waals surface area contributed by atoms with E-state index in [0.717, 1.165) is 66.5 Å². The molecule has 1 amide bonds. The fourth-order valence-corrected chi connectivity index (χ4v) is 5.97. The molecule has 4 aromatic heterocycles. The van der Waals surface area contributed by atoms with Crippen molar-refractivity contribution in [1.29, 1.82) is 0 Å². The van der Waals surface area contributed by atoms with Crippen LogP contribution in [0, 0.1) is 13.8 Å². The summed E-state index contributed by atoms with van der Waals surface area (Å²) in [6, 6.07) is 12.0. The zero-order chi connectivity index (χ0) is 30.1. The molecule has 0 atom stereocenters. The molecule has 11 nitrogen and oxygen atoms in total. The fourth-order valence-electron chi connectivity index (χ4n) is 5.97. The number of pyridine rings is 1. The maximum atomic E-state index is 13.5. The molecule has 0 radical (unpaired) electrons. The van der Waals surface area contributed by atoms with Gasteiger partial charge in [-0.15, -0.1) is 0 Å². The van der Waals surface area contributed by atoms with E-state index in [2.05, 4.69) is 54.0 Å². The predicted octanol–water partition coefficient (Wildman–Crippen LogP) is 4.40. The van der Waals surface area contributed by atoms with Crippen molar-refractivity contribution in [2.75, 3.05) is 51.7 Å². The van der Waals surface area contributed by atoms with Crippen molar-refractivity contribution in [2.24, 2.45) is 0 Å². The van der Waals surface area contributed by atoms with Crippen molar-refractivity contribution in [3.8, 4) is 5.75 Å². The van der Waals surface area contributed by atoms with E-state index in [0.29, 0.717) is 36.2 Å². The van der Waals surface area contributed by atoms with E-state index in [9.17, 15) is 4.79 Å². The van der Waals surface area contributed by atoms with Crippen molar-refractivity contribution in [3.05, 3.63) is 71.6 Å². The maximum Gasteiger partial charge on any atom is 0.274 e. The third-order valence-corrected chi connectivity index (χ3v) is 8.18. The highest BCUT2D eigenvalue weighted by Crippen LogP contribution is 2.28. The summed E-state index contributed by atoms with van der Waals surface area (Å²) in [4.78, 5) is 22.8. The zero-order valence-corrected chi connectivity index (χ0v) is 25.7. The van der Waals surface area contributed by atoms with Crippen LogP contribution < -0.4 is 10.1 Å². The smallest absolute Gasteiger partial charge is 0.274 e. The summed E-state index contributed by atoms with van der Waals surface area (Å²) in [5.74, 6) is 0.511. The predicted molar refractivity (Wildman–Crippen MR) is 168 cm³/mol. The first-order valence-corrected chi connectivity index (χ1v) is 15.1. The van der Waals surface area contributed by atoms with Gasteiger partial charge in [-0.05, 0) is 78.5 Å². The fraction of sp³-hybridized carbons (Fsp3) is 0.438. The lowest BCUT2D eigenvalue weighted by atomic mass is 10.1. The van der Waals surface area contributed by atoms with E-state index < -0.39 is 0 Å². The summed E-state index contributed by atoms with van der Waals surface area (Å²) in [7, 11) is 2.18. The van der Waals surface area contributed by atoms with E-state index in [1.54, 1.807) is 10.6 Å². The van der Waals surface area contributed by atoms with Crippen LogP contribution in [0.1, 0.15) is 53.9 Å². The molecule has 1 fully saturated rings. The van der Waals surface area contributed by atoms with Crippen LogP contribution >= 0.6 is 0 Å². The standard InChI is InChI=1S/C32H41N9O2/c1-22(2)41-23(3)18-25(36-41)21-40-28-9-6-8-27(31(28)24(4)35-40)34-32(42)29-20-33-30-19-26(10-13-39(29)30)43-17-16-38-12-7-11-37(5)14-15-38/h6,8-10,13,18-20,22H,7,11-12,14-17,21H2,1-5H3,(H,34,42). The molecule has 0 unspecified atom stereocenters. The molecule has 1 aliphatic rings. The molecule has 43 heavy (non-hydrogen) atoms. The van der Waals surface area contributed by atoms with E-state index in [4.69, 9.17) is 14.9 Å². The number of carbonyl (C=O) groups is 1. The highest BCUT2D eigenvalue weighted by atomic mass is 16.5. The molecule has 5 heterocycles. The number of imidazole rings is 1. The Morgan fingerprint density at radius 2 is 1.93 bits per heavy atom. The molecule has 1 saturated heterocycles. The largest absolute Gasteiger partial charge is 0.492 e. The minimum Gasteiger partial charge on any atom is -0.492 e. The number of anilines is 1. The van der Waals surface area contributed by atoms with Crippen molar-refractivity contribution in [2.45, 2.75) is 46.7 Å². The average molecular weight is 584 g/mol. The Morgan fingerprint density at radius 3 is 2.74 bits per heavy atom. The first kappa shape index (κ1) is 28.9. The molecule has 0 spiro atoms. The minimum absolute atomic E-state index is 0.238. The summed E-state index contributed by atoms with van der Waals surface area (Å²) >= 11 is 0. The van der Waals surface area contributed by atoms with E-state index in [1.165, 1.54) is 6.42 Å². The van der Waals surface area contributed by atoms with Crippen LogP contribution in [0.4, 0.5) is 5.69 Å². The molecule has 226 valence electrons. The lowest BCUT2D eigenvalue weighted by Gasteiger charge is -2.20. The normalized spacial score (nSPS) is 15.0. The number of hydrogen-bond acceptors (Lipinski definition) is 7. The summed E-state index contributed by atoms with van der Waals surface area (Å²) in [5, 5.41) is 13.6. The van der Waals surface area contributed by atoms with Gasteiger partial charge >= 0.3 is 0 Å². The summed E-state index contributed by atoms with van der Waals surface area (Å²) in [6.45, 7) is 14.7. The molecule has 0 aliphatic carbocycles. The number of hydrogen-bond donors (Lipinski definition) is 1. The molecule has 0 bridgehead atoms. The average Bonchev–Trinajstić information content (AvgIpc) is 3.61. The van der Waals surface area contributed by atoms with Gasteiger partial charge in [0, 0.05) is 49.0 Å². The van der Waals surface area contributed by atoms with Crippen molar-refractivity contribution in [3.63, 3.8) is 0 Å². The number of carbonyl (C=O) groups excluding carboxylic acids is 1. The molecule has 11 heteroatoms. The molecular formula is C32H41N9O2. The van der Waals surface area contributed by atoms with Crippen molar-refractivity contribution < 1.29 is 9.53 Å². The molecule has 1 aliphatic heterocycles. The molecule has 1 aromatic carbocycles. The van der Waals surface area contributed by atoms with Gasteiger partial charge in [0.25, 0.3) is 5.91 Å². The Hall–Kier alpha value is -4.22. The van der Waals surface area contributed by atoms with Gasteiger partial charge in [0.15, 0.2) is 0 Å². The minimum atomic E-state index is -0.238. The Morgan fingerprint density at radius 1 is 1.07 bits per heavy atom. The van der Waals surface area contributed by atoms with Crippen LogP contribution in [0.5, 0.6) is 5.75 Å². The number of benzene rings is 1. The van der Waals surface area contributed by atoms with Gasteiger partial charge < -0.3 is 15.0 Å². The number of ether oxygens (including phenoxy) is 1. The molecule has 5 aromatic rings. The van der Waals surface area contributed by atoms with Gasteiger partial charge in [0.2, 0.25) is 0 Å². The SMILES string of the molecule is Cc1nn(Cc2cc(C)n(C(C)C)n2)c2cccc(NC(=O)c3cnc4cc(OCCN5CCCN(C)CC5)ccn34)c12. The lowest BCUT2D eigenvalue weighted by molar-refractivity contribution is 0.102. The van der Waals surface area contributed by atoms with E-state index >= 15 is 0 Å². The number of fused-ring (bicyclic) bond motifs is 2. The van der Waals surface area contributed by atoms with Crippen LogP contribution in [0.15, 0.2) is 48.8 Å². The number of nitrogens with one attached hydrogen (secondary N) is 1. The van der Waals surface area contributed by atoms with Crippen LogP contribution in [-0.4, -0.2) is 91.0 Å². The van der Waals surface area contributed by atoms with Gasteiger partial charge in [-0.1, -0.05) is 6.07 Å². The highest BCUT2D eigenvalue weighted by Gasteiger charge is 2.18. The van der Waals surface area contributed by atoms with Crippen molar-refractivity contribution in [1.82, 2.24) is 38.7 Å². The molecule has 6 rings (SSSR count). The van der Waals surface area contributed by atoms with E-state index in [1.807, 2.05) is 52.8 Å². The van der Waals surface area contributed by atoms with Crippen LogP contribution in [0.2, 0.25) is 0 Å². The molecular weight excluding hydrogens is 542 g/mol. The molecule has 1 N–H and O–H groups in total. The Labute approximate surface area is 252 Å². The topological polar surface area (TPSA) is 97.8 Å². The number of nitrogens with zero attached hydrogens (tertiary/aromatic N) is 8. The summed E-state index contributed by atoms with van der Waals surface area (Å²) in [5.41, 5.74) is 5.69. The van der Waals surface area contributed by atoms with Gasteiger partial charge in [0.1, 0.15) is 23.7 Å². The monoisotopic (exact) mass is 583 g/mol. The van der Waals surface area contributed by atoms with Crippen LogP contribution in [-0.2, 0) is 6.54 Å². The second-order valence-corrected chi connectivity index (χ2v) is 11.8. The quantitative estimate of drug-likeness (QED) is 0.275. The first-order chi connectivity index (χ1) is 20.8. The summed E-state index contributed by atoms with van der Waals surface area (Å²) in [6.07, 6.45) is 4.63. The second-order valence-electron chi connectivity index (χ2n) is 11.8. The van der Waals surface area contributed by atoms with Gasteiger partial charge in [0.05, 0.1) is 35.3 Å². The highest BCUT2D eigenvalue weighted by molar-refractivity contribution is 6.08. The maximum absolute atomic E-state index is 13.5. The number of likely N-dealkylation sites (N-methyl/N-ethyl adjacent to an activating group) is 1. The van der Waals surface area contributed by atoms with Crippen molar-refractivity contribution >= 4 is 28.1 Å². The number of aryl methyl sites for hydroxylation is 2. The lowest BCUT2D eigenvalue weighted by Crippen LogP contribution is -2.32. The van der Waals surface area contributed by atoms with Gasteiger partial charge in [-0.3, -0.25) is 23.5 Å². The number of aromatic nitrogens is 6. The van der Waals surface area contributed by atoms with E-state index in [-0.39, 0.29) is 5.91 Å². The van der Waals surface area contributed by atoms with Crippen LogP contribution in [0.25, 0.3) is 16.6 Å². The van der Waals surface area contributed by atoms with Gasteiger partial charge in [-0.2, -0.15) is 10.2 Å².